The van der Waals surface area contributed by atoms with Crippen molar-refractivity contribution < 1.29 is 27.0 Å². The Morgan fingerprint density at radius 2 is 1.69 bits per heavy atom. The molecule has 1 fully saturated rings. The Morgan fingerprint density at radius 1 is 1.00 bits per heavy atom. The minimum absolute atomic E-state index is 0.0241. The normalized spacial score (nSPS) is 14.0. The smallest absolute Gasteiger partial charge is 0.262 e. The van der Waals surface area contributed by atoms with Crippen LogP contribution >= 0.6 is 0 Å². The summed E-state index contributed by atoms with van der Waals surface area (Å²) >= 11 is 0. The highest BCUT2D eigenvalue weighted by molar-refractivity contribution is 5.53. The number of hydrogen-bond acceptors (Lipinski definition) is 5. The molecule has 1 aromatic heterocycles. The largest absolute Gasteiger partial charge is 0.472 e. The number of benzene rings is 2. The molecule has 6 nitrogen and oxygen atoms in total. The van der Waals surface area contributed by atoms with E-state index in [1.807, 2.05) is 0 Å². The molecule has 2 aromatic carbocycles. The quantitative estimate of drug-likeness (QED) is 0.558. The van der Waals surface area contributed by atoms with Gasteiger partial charge in [0.15, 0.2) is 11.6 Å². The molecule has 0 amide bonds. The van der Waals surface area contributed by atoms with Crippen molar-refractivity contribution >= 4 is 5.69 Å². The summed E-state index contributed by atoms with van der Waals surface area (Å²) in [5.41, 5.74) is -0.907. The second-order valence-electron chi connectivity index (χ2n) is 7.20. The molecule has 0 radical (unpaired) electrons. The van der Waals surface area contributed by atoms with Gasteiger partial charge in [-0.3, -0.25) is 9.36 Å². The molecule has 0 atom stereocenters. The van der Waals surface area contributed by atoms with Crippen LogP contribution in [0.5, 0.6) is 5.88 Å². The van der Waals surface area contributed by atoms with E-state index in [1.54, 1.807) is 4.90 Å². The fourth-order valence-electron chi connectivity index (χ4n) is 3.48. The summed E-state index contributed by atoms with van der Waals surface area (Å²) in [5.74, 6) is -3.55. The van der Waals surface area contributed by atoms with Crippen LogP contribution in [-0.2, 0) is 11.3 Å². The summed E-state index contributed by atoms with van der Waals surface area (Å²) in [6, 6.07) is 6.27. The maximum Gasteiger partial charge on any atom is 0.262 e. The molecule has 0 bridgehead atoms. The van der Waals surface area contributed by atoms with Crippen LogP contribution < -0.4 is 15.2 Å². The third kappa shape index (κ3) is 4.45. The van der Waals surface area contributed by atoms with E-state index in [9.17, 15) is 22.4 Å². The fourth-order valence-corrected chi connectivity index (χ4v) is 3.48. The molecular weight excluding hydrogens is 430 g/mol. The Morgan fingerprint density at radius 3 is 2.31 bits per heavy atom. The summed E-state index contributed by atoms with van der Waals surface area (Å²) < 4.78 is 67.9. The van der Waals surface area contributed by atoms with Crippen LogP contribution in [0.1, 0.15) is 11.4 Å². The first-order valence-corrected chi connectivity index (χ1v) is 9.83. The van der Waals surface area contributed by atoms with E-state index < -0.39 is 34.5 Å². The number of rotatable bonds is 5. The van der Waals surface area contributed by atoms with Crippen molar-refractivity contribution in [2.45, 2.75) is 13.5 Å². The molecule has 32 heavy (non-hydrogen) atoms. The van der Waals surface area contributed by atoms with Gasteiger partial charge in [0.1, 0.15) is 29.8 Å². The number of nitrogens with zero attached hydrogens (tertiary/aromatic N) is 3. The molecular formula is C22H19F4N3O3. The van der Waals surface area contributed by atoms with Gasteiger partial charge in [0.2, 0.25) is 5.88 Å². The van der Waals surface area contributed by atoms with Gasteiger partial charge in [0, 0.05) is 30.4 Å². The third-order valence-electron chi connectivity index (χ3n) is 5.06. The number of ether oxygens (including phenoxy) is 2. The minimum atomic E-state index is -0.916. The predicted octanol–water partition coefficient (Wildman–Crippen LogP) is 3.51. The van der Waals surface area contributed by atoms with Gasteiger partial charge in [-0.05, 0) is 31.2 Å². The van der Waals surface area contributed by atoms with E-state index >= 15 is 0 Å². The first kappa shape index (κ1) is 21.8. The van der Waals surface area contributed by atoms with Crippen LogP contribution in [0.3, 0.4) is 0 Å². The molecule has 1 aliphatic heterocycles. The highest BCUT2D eigenvalue weighted by Gasteiger charge is 2.21. The summed E-state index contributed by atoms with van der Waals surface area (Å²) in [4.78, 5) is 18.5. The van der Waals surface area contributed by atoms with Gasteiger partial charge in [-0.1, -0.05) is 0 Å². The van der Waals surface area contributed by atoms with E-state index in [4.69, 9.17) is 9.47 Å². The zero-order chi connectivity index (χ0) is 22.8. The summed E-state index contributed by atoms with van der Waals surface area (Å²) in [6.07, 6.45) is 0. The molecule has 4 rings (SSSR count). The maximum absolute atomic E-state index is 14.9. The predicted molar refractivity (Wildman–Crippen MR) is 108 cm³/mol. The number of aromatic nitrogens is 2. The molecule has 0 unspecified atom stereocenters. The lowest BCUT2D eigenvalue weighted by Crippen LogP contribution is -2.36. The second-order valence-corrected chi connectivity index (χ2v) is 7.20. The number of halogens is 4. The molecule has 1 saturated heterocycles. The lowest BCUT2D eigenvalue weighted by atomic mass is 10.2. The second kappa shape index (κ2) is 8.99. The maximum atomic E-state index is 14.9. The van der Waals surface area contributed by atoms with E-state index in [0.29, 0.717) is 38.1 Å². The monoisotopic (exact) mass is 449 g/mol. The van der Waals surface area contributed by atoms with Crippen molar-refractivity contribution in [3.05, 3.63) is 81.4 Å². The van der Waals surface area contributed by atoms with Crippen LogP contribution in [0.2, 0.25) is 0 Å². The van der Waals surface area contributed by atoms with Crippen molar-refractivity contribution in [1.29, 1.82) is 0 Å². The zero-order valence-corrected chi connectivity index (χ0v) is 17.1. The number of anilines is 1. The van der Waals surface area contributed by atoms with E-state index in [-0.39, 0.29) is 23.9 Å². The average molecular weight is 449 g/mol. The molecule has 0 aliphatic carbocycles. The van der Waals surface area contributed by atoms with Gasteiger partial charge in [0.05, 0.1) is 19.3 Å². The van der Waals surface area contributed by atoms with E-state index in [2.05, 4.69) is 4.98 Å². The number of morpholine rings is 1. The Hall–Kier alpha value is -3.40. The molecule has 2 heterocycles. The summed E-state index contributed by atoms with van der Waals surface area (Å²) in [7, 11) is 0. The molecule has 0 N–H and O–H groups in total. The molecule has 168 valence electrons. The Labute approximate surface area is 180 Å². The molecule has 0 saturated carbocycles. The van der Waals surface area contributed by atoms with Crippen LogP contribution in [0.15, 0.2) is 41.2 Å². The van der Waals surface area contributed by atoms with Gasteiger partial charge in [0.25, 0.3) is 5.56 Å². The van der Waals surface area contributed by atoms with Crippen molar-refractivity contribution in [2.24, 2.45) is 0 Å². The SMILES string of the molecule is Cc1nc(OCc2ccc(F)cc2F)cc(=O)n1-c1c(F)cc(N2CCOCC2)cc1F. The van der Waals surface area contributed by atoms with Crippen molar-refractivity contribution in [2.75, 3.05) is 31.2 Å². The third-order valence-corrected chi connectivity index (χ3v) is 5.06. The van der Waals surface area contributed by atoms with Crippen molar-refractivity contribution in [1.82, 2.24) is 9.55 Å². The molecule has 0 spiro atoms. The standard InChI is InChI=1S/C22H19F4N3O3/c1-13-27-20(32-12-14-2-3-15(23)8-17(14)24)11-21(30)29(13)22-18(25)9-16(10-19(22)26)28-4-6-31-7-5-28/h2-3,8-11H,4-7,12H2,1H3. The van der Waals surface area contributed by atoms with Crippen molar-refractivity contribution in [3.8, 4) is 11.6 Å². The van der Waals surface area contributed by atoms with E-state index in [0.717, 1.165) is 28.8 Å². The molecule has 3 aromatic rings. The van der Waals surface area contributed by atoms with Crippen LogP contribution in [0.4, 0.5) is 23.2 Å². The first-order chi connectivity index (χ1) is 15.3. The summed E-state index contributed by atoms with van der Waals surface area (Å²) in [5, 5.41) is 0. The minimum Gasteiger partial charge on any atom is -0.472 e. The molecule has 10 heteroatoms. The lowest BCUT2D eigenvalue weighted by Gasteiger charge is -2.29. The van der Waals surface area contributed by atoms with Crippen LogP contribution in [-0.4, -0.2) is 35.9 Å². The van der Waals surface area contributed by atoms with Crippen molar-refractivity contribution in [3.63, 3.8) is 0 Å². The fraction of sp³-hybridized carbons (Fsp3) is 0.273. The highest BCUT2D eigenvalue weighted by Crippen LogP contribution is 2.26. The van der Waals surface area contributed by atoms with Gasteiger partial charge in [-0.15, -0.1) is 0 Å². The number of aryl methyl sites for hydroxylation is 1. The molecule has 1 aliphatic rings. The van der Waals surface area contributed by atoms with Gasteiger partial charge < -0.3 is 14.4 Å². The highest BCUT2D eigenvalue weighted by atomic mass is 19.1. The lowest BCUT2D eigenvalue weighted by molar-refractivity contribution is 0.122. The van der Waals surface area contributed by atoms with Crippen LogP contribution in [0, 0.1) is 30.2 Å². The first-order valence-electron chi connectivity index (χ1n) is 9.83. The van der Waals surface area contributed by atoms with Crippen LogP contribution in [0.25, 0.3) is 5.69 Å². The van der Waals surface area contributed by atoms with E-state index in [1.165, 1.54) is 13.0 Å². The van der Waals surface area contributed by atoms with Gasteiger partial charge >= 0.3 is 0 Å². The number of hydrogen-bond donors (Lipinski definition) is 0. The Bertz CT molecular complexity index is 1190. The zero-order valence-electron chi connectivity index (χ0n) is 17.1. The average Bonchev–Trinajstić information content (AvgIpc) is 2.75. The Kier molecular flexibility index (Phi) is 6.13. The van der Waals surface area contributed by atoms with Gasteiger partial charge in [-0.25, -0.2) is 17.6 Å². The summed E-state index contributed by atoms with van der Waals surface area (Å²) in [6.45, 7) is 2.99. The Balaban J connectivity index is 1.61. The van der Waals surface area contributed by atoms with Gasteiger partial charge in [-0.2, -0.15) is 4.98 Å². The topological polar surface area (TPSA) is 56.6 Å².